The van der Waals surface area contributed by atoms with Gasteiger partial charge in [0, 0.05) is 13.0 Å². The summed E-state index contributed by atoms with van der Waals surface area (Å²) in [5.41, 5.74) is 0. The average molecular weight is 775 g/mol. The van der Waals surface area contributed by atoms with Crippen molar-refractivity contribution in [2.75, 3.05) is 33.0 Å². The highest BCUT2D eigenvalue weighted by molar-refractivity contribution is 7.47. The molecule has 3 unspecified atom stereocenters. The van der Waals surface area contributed by atoms with E-state index in [1.807, 2.05) is 0 Å². The molecule has 0 radical (unpaired) electrons. The van der Waals surface area contributed by atoms with E-state index in [0.717, 1.165) is 57.8 Å². The van der Waals surface area contributed by atoms with E-state index in [-0.39, 0.29) is 19.6 Å². The summed E-state index contributed by atoms with van der Waals surface area (Å²) in [6, 6.07) is 0. The fraction of sp³-hybridized carbons (Fsp3) is 0.884. The van der Waals surface area contributed by atoms with E-state index in [4.69, 9.17) is 23.6 Å². The zero-order valence-corrected chi connectivity index (χ0v) is 35.1. The minimum atomic E-state index is -4.51. The Hall–Kier alpha value is -1.06. The number of hydrogen-bond donors (Lipinski definition) is 3. The van der Waals surface area contributed by atoms with Gasteiger partial charge in [-0.05, 0) is 64.2 Å². The molecule has 10 heteroatoms. The first-order chi connectivity index (χ1) is 25.8. The van der Waals surface area contributed by atoms with Crippen LogP contribution in [0.4, 0.5) is 0 Å². The lowest BCUT2D eigenvalue weighted by atomic mass is 10.1. The van der Waals surface area contributed by atoms with E-state index in [9.17, 15) is 19.4 Å². The molecule has 0 aromatic carbocycles. The largest absolute Gasteiger partial charge is 0.472 e. The maximum Gasteiger partial charge on any atom is 0.472 e. The molecule has 0 heterocycles. The number of carbonyl (C=O) groups excluding carboxylic acids is 1. The van der Waals surface area contributed by atoms with Crippen molar-refractivity contribution in [3.8, 4) is 0 Å². The topological polar surface area (TPSA) is 132 Å². The number of carbonyl (C=O) groups is 1. The molecule has 3 N–H and O–H groups in total. The first-order valence-corrected chi connectivity index (χ1v) is 23.3. The minimum absolute atomic E-state index is 0.0475. The Morgan fingerprint density at radius 3 is 1.45 bits per heavy atom. The fourth-order valence-corrected chi connectivity index (χ4v) is 6.78. The van der Waals surface area contributed by atoms with E-state index in [1.54, 1.807) is 0 Å². The van der Waals surface area contributed by atoms with E-state index >= 15 is 0 Å². The molecule has 0 bridgehead atoms. The van der Waals surface area contributed by atoms with Crippen LogP contribution in [-0.4, -0.2) is 66.3 Å². The van der Waals surface area contributed by atoms with Gasteiger partial charge >= 0.3 is 13.8 Å². The molecule has 9 nitrogen and oxygen atoms in total. The highest BCUT2D eigenvalue weighted by atomic mass is 31.2. The third-order valence-corrected chi connectivity index (χ3v) is 10.3. The van der Waals surface area contributed by atoms with Gasteiger partial charge in [0.05, 0.1) is 26.4 Å². The summed E-state index contributed by atoms with van der Waals surface area (Å²) in [5.74, 6) is -0.391. The number of allylic oxidation sites excluding steroid dienone is 4. The molecule has 0 saturated carbocycles. The van der Waals surface area contributed by atoms with Crippen molar-refractivity contribution in [3.05, 3.63) is 24.3 Å². The van der Waals surface area contributed by atoms with E-state index in [0.29, 0.717) is 6.61 Å². The Balaban J connectivity index is 4.10. The molecule has 53 heavy (non-hydrogen) atoms. The number of rotatable bonds is 42. The Labute approximate surface area is 325 Å². The number of unbranched alkanes of at least 4 members (excludes halogenated alkanes) is 24. The number of phosphoric acid groups is 1. The summed E-state index contributed by atoms with van der Waals surface area (Å²) in [6.07, 6.45) is 41.4. The van der Waals surface area contributed by atoms with Crippen molar-refractivity contribution >= 4 is 13.8 Å². The van der Waals surface area contributed by atoms with Gasteiger partial charge in [-0.1, -0.05) is 154 Å². The van der Waals surface area contributed by atoms with E-state index < -0.39 is 39.2 Å². The van der Waals surface area contributed by atoms with Crippen molar-refractivity contribution in [3.63, 3.8) is 0 Å². The Morgan fingerprint density at radius 1 is 0.566 bits per heavy atom. The van der Waals surface area contributed by atoms with Gasteiger partial charge in [-0.15, -0.1) is 0 Å². The zero-order chi connectivity index (χ0) is 38.9. The molecular formula is C43H83O9P. The van der Waals surface area contributed by atoms with Crippen molar-refractivity contribution in [2.45, 2.75) is 212 Å². The van der Waals surface area contributed by atoms with Gasteiger partial charge in [-0.3, -0.25) is 13.8 Å². The lowest BCUT2D eigenvalue weighted by Crippen LogP contribution is -2.29. The van der Waals surface area contributed by atoms with E-state index in [2.05, 4.69) is 38.2 Å². The molecule has 0 aliphatic carbocycles. The second kappa shape index (κ2) is 40.6. The standard InChI is InChI=1S/C43H83O9P/c1-3-5-7-9-11-13-15-17-18-19-20-21-22-23-24-26-28-30-32-34-36-49-39-42(40-51-53(47,48)50-38-41(45)37-44)52-43(46)35-33-31-29-27-25-16-14-12-10-8-6-4-2/h12,14,17-18,41-42,44-45H,3-11,13,15-16,19-40H2,1-2H3,(H,47,48)/b14-12-,18-17-. The zero-order valence-electron chi connectivity index (χ0n) is 34.2. The van der Waals surface area contributed by atoms with Crippen LogP contribution in [0.3, 0.4) is 0 Å². The molecule has 0 saturated heterocycles. The SMILES string of the molecule is CCCCC/C=C\CCCCCCCC(=O)OC(COCCCCCCCCCCCC/C=C\CCCCCCCC)COP(=O)(O)OCC(O)CO. The van der Waals surface area contributed by atoms with Crippen LogP contribution >= 0.6 is 7.82 Å². The monoisotopic (exact) mass is 775 g/mol. The lowest BCUT2D eigenvalue weighted by molar-refractivity contribution is -0.154. The molecule has 0 aliphatic rings. The Bertz CT molecular complexity index is 882. The quantitative estimate of drug-likeness (QED) is 0.0240. The van der Waals surface area contributed by atoms with Crippen molar-refractivity contribution in [2.24, 2.45) is 0 Å². The van der Waals surface area contributed by atoms with Crippen molar-refractivity contribution in [1.29, 1.82) is 0 Å². The molecule has 0 aromatic heterocycles. The summed E-state index contributed by atoms with van der Waals surface area (Å²) in [5, 5.41) is 18.3. The van der Waals surface area contributed by atoms with Crippen LogP contribution in [0.1, 0.15) is 200 Å². The number of phosphoric ester groups is 1. The summed E-state index contributed by atoms with van der Waals surface area (Å²) in [7, 11) is -4.51. The number of aliphatic hydroxyl groups excluding tert-OH is 2. The summed E-state index contributed by atoms with van der Waals surface area (Å²) in [6.45, 7) is 3.49. The van der Waals surface area contributed by atoms with Gasteiger partial charge in [0.1, 0.15) is 12.2 Å². The summed E-state index contributed by atoms with van der Waals surface area (Å²) >= 11 is 0. The van der Waals surface area contributed by atoms with Gasteiger partial charge in [0.25, 0.3) is 0 Å². The second-order valence-corrected chi connectivity index (χ2v) is 16.2. The average Bonchev–Trinajstić information content (AvgIpc) is 3.15. The molecule has 0 spiro atoms. The predicted octanol–water partition coefficient (Wildman–Crippen LogP) is 11.9. The van der Waals surface area contributed by atoms with Crippen LogP contribution in [0.25, 0.3) is 0 Å². The van der Waals surface area contributed by atoms with Crippen LogP contribution in [0.5, 0.6) is 0 Å². The fourth-order valence-electron chi connectivity index (χ4n) is 5.99. The summed E-state index contributed by atoms with van der Waals surface area (Å²) in [4.78, 5) is 22.5. The number of aliphatic hydroxyl groups is 2. The number of esters is 1. The number of hydrogen-bond acceptors (Lipinski definition) is 8. The molecule has 0 rings (SSSR count). The molecule has 0 aliphatic heterocycles. The van der Waals surface area contributed by atoms with Crippen molar-refractivity contribution in [1.82, 2.24) is 0 Å². The predicted molar refractivity (Wildman–Crippen MR) is 219 cm³/mol. The first kappa shape index (κ1) is 51.9. The molecule has 3 atom stereocenters. The maximum absolute atomic E-state index is 12.6. The molecule has 0 fully saturated rings. The van der Waals surface area contributed by atoms with Gasteiger partial charge in [0.15, 0.2) is 0 Å². The van der Waals surface area contributed by atoms with Crippen LogP contribution in [0.2, 0.25) is 0 Å². The molecule has 314 valence electrons. The minimum Gasteiger partial charge on any atom is -0.457 e. The molecule has 0 aromatic rings. The van der Waals surface area contributed by atoms with Gasteiger partial charge in [-0.2, -0.15) is 0 Å². The first-order valence-electron chi connectivity index (χ1n) is 21.8. The smallest absolute Gasteiger partial charge is 0.457 e. The van der Waals surface area contributed by atoms with E-state index in [1.165, 1.54) is 122 Å². The highest BCUT2D eigenvalue weighted by Crippen LogP contribution is 2.43. The summed E-state index contributed by atoms with van der Waals surface area (Å²) < 4.78 is 33.3. The van der Waals surface area contributed by atoms with Crippen LogP contribution in [0, 0.1) is 0 Å². The lowest BCUT2D eigenvalue weighted by Gasteiger charge is -2.20. The molecular weight excluding hydrogens is 691 g/mol. The maximum atomic E-state index is 12.6. The second-order valence-electron chi connectivity index (χ2n) is 14.7. The van der Waals surface area contributed by atoms with Gasteiger partial charge in [0.2, 0.25) is 0 Å². The van der Waals surface area contributed by atoms with Gasteiger partial charge in [-0.25, -0.2) is 4.57 Å². The highest BCUT2D eigenvalue weighted by Gasteiger charge is 2.26. The number of ether oxygens (including phenoxy) is 2. The van der Waals surface area contributed by atoms with Crippen molar-refractivity contribution < 1.29 is 43.0 Å². The third-order valence-electron chi connectivity index (χ3n) is 9.36. The van der Waals surface area contributed by atoms with Crippen LogP contribution in [0.15, 0.2) is 24.3 Å². The van der Waals surface area contributed by atoms with Gasteiger partial charge < -0.3 is 24.6 Å². The van der Waals surface area contributed by atoms with Crippen LogP contribution in [-0.2, 0) is 27.9 Å². The normalized spacial score (nSPS) is 14.3. The van der Waals surface area contributed by atoms with Crippen LogP contribution < -0.4 is 0 Å². The molecule has 0 amide bonds. The Kier molecular flexibility index (Phi) is 39.8. The Morgan fingerprint density at radius 2 is 0.962 bits per heavy atom. The third kappa shape index (κ3) is 40.4.